The van der Waals surface area contributed by atoms with Gasteiger partial charge in [-0.3, -0.25) is 25.8 Å². The second-order valence-corrected chi connectivity index (χ2v) is 7.96. The smallest absolute Gasteiger partial charge is 0.276 e. The number of carbonyl (C=O) groups is 2. The van der Waals surface area contributed by atoms with E-state index in [4.69, 9.17) is 21.7 Å². The summed E-state index contributed by atoms with van der Waals surface area (Å²) in [7, 11) is 0. The average molecular weight is 508 g/mol. The molecule has 166 valence electrons. The summed E-state index contributed by atoms with van der Waals surface area (Å²) in [6.45, 7) is 2.62. The highest BCUT2D eigenvalue weighted by molar-refractivity contribution is 9.10. The highest BCUT2D eigenvalue weighted by Gasteiger charge is 2.09. The number of hydrogen-bond acceptors (Lipinski definition) is 5. The van der Waals surface area contributed by atoms with E-state index in [1.165, 1.54) is 12.8 Å². The lowest BCUT2D eigenvalue weighted by atomic mass is 10.2. The quantitative estimate of drug-likeness (QED) is 0.254. The molecule has 2 aromatic carbocycles. The van der Waals surface area contributed by atoms with E-state index in [-0.39, 0.29) is 11.7 Å². The third-order valence-corrected chi connectivity index (χ3v) is 4.84. The van der Waals surface area contributed by atoms with Gasteiger partial charge in [0.25, 0.3) is 11.8 Å². The number of hydrazine groups is 1. The molecule has 0 bridgehead atoms. The van der Waals surface area contributed by atoms with Crippen molar-refractivity contribution in [3.63, 3.8) is 0 Å². The summed E-state index contributed by atoms with van der Waals surface area (Å²) in [6.07, 6.45) is 4.54. The molecule has 0 aromatic heterocycles. The van der Waals surface area contributed by atoms with Crippen LogP contribution in [0, 0.1) is 0 Å². The molecule has 0 heterocycles. The summed E-state index contributed by atoms with van der Waals surface area (Å²) in [4.78, 5) is 24.1. The van der Waals surface area contributed by atoms with Crippen molar-refractivity contribution >= 4 is 45.1 Å². The van der Waals surface area contributed by atoms with Crippen molar-refractivity contribution in [2.45, 2.75) is 32.6 Å². The van der Waals surface area contributed by atoms with Crippen molar-refractivity contribution in [3.05, 3.63) is 58.6 Å². The number of hydrogen-bond donors (Lipinski definition) is 3. The largest absolute Gasteiger partial charge is 0.494 e. The van der Waals surface area contributed by atoms with Gasteiger partial charge < -0.3 is 9.47 Å². The molecule has 9 heteroatoms. The molecule has 31 heavy (non-hydrogen) atoms. The van der Waals surface area contributed by atoms with E-state index in [2.05, 4.69) is 39.0 Å². The van der Waals surface area contributed by atoms with Gasteiger partial charge in [-0.15, -0.1) is 0 Å². The van der Waals surface area contributed by atoms with Crippen LogP contribution < -0.4 is 25.6 Å². The highest BCUT2D eigenvalue weighted by atomic mass is 79.9. The van der Waals surface area contributed by atoms with Crippen LogP contribution >= 0.6 is 28.1 Å². The minimum absolute atomic E-state index is 0.0294. The Morgan fingerprint density at radius 1 is 0.903 bits per heavy atom. The molecule has 0 fully saturated rings. The lowest BCUT2D eigenvalue weighted by molar-refractivity contribution is -0.123. The molecule has 0 spiro atoms. The van der Waals surface area contributed by atoms with Gasteiger partial charge in [-0.1, -0.05) is 42.1 Å². The normalized spacial score (nSPS) is 10.1. The molecule has 2 amide bonds. The second-order valence-electron chi connectivity index (χ2n) is 6.63. The van der Waals surface area contributed by atoms with Gasteiger partial charge in [0.1, 0.15) is 11.5 Å². The number of ether oxygens (including phenoxy) is 2. The van der Waals surface area contributed by atoms with Gasteiger partial charge in [0.2, 0.25) is 0 Å². The third-order valence-electron chi connectivity index (χ3n) is 4.11. The van der Waals surface area contributed by atoms with Crippen LogP contribution in [-0.4, -0.2) is 30.1 Å². The molecule has 0 radical (unpaired) electrons. The van der Waals surface area contributed by atoms with Crippen LogP contribution in [0.4, 0.5) is 0 Å². The first-order valence-corrected chi connectivity index (χ1v) is 11.2. The van der Waals surface area contributed by atoms with Crippen LogP contribution in [-0.2, 0) is 4.79 Å². The van der Waals surface area contributed by atoms with E-state index in [0.717, 1.165) is 17.3 Å². The van der Waals surface area contributed by atoms with Crippen molar-refractivity contribution in [3.8, 4) is 11.5 Å². The van der Waals surface area contributed by atoms with Gasteiger partial charge in [0, 0.05) is 10.0 Å². The monoisotopic (exact) mass is 507 g/mol. The Labute approximate surface area is 196 Å². The van der Waals surface area contributed by atoms with Crippen LogP contribution in [0.15, 0.2) is 53.0 Å². The Balaban J connectivity index is 1.67. The Hall–Kier alpha value is -2.65. The molecule has 3 N–H and O–H groups in total. The number of carbonyl (C=O) groups excluding carboxylic acids is 2. The van der Waals surface area contributed by atoms with E-state index >= 15 is 0 Å². The average Bonchev–Trinajstić information content (AvgIpc) is 2.77. The van der Waals surface area contributed by atoms with Crippen molar-refractivity contribution in [1.29, 1.82) is 0 Å². The Morgan fingerprint density at radius 2 is 1.55 bits per heavy atom. The number of thiocarbonyl (C=S) groups is 1. The van der Waals surface area contributed by atoms with Crippen LogP contribution in [0.5, 0.6) is 11.5 Å². The summed E-state index contributed by atoms with van der Waals surface area (Å²) in [5.74, 6) is 0.432. The predicted octanol–water partition coefficient (Wildman–Crippen LogP) is 4.12. The number of halogens is 1. The van der Waals surface area contributed by atoms with Gasteiger partial charge >= 0.3 is 0 Å². The molecular weight excluding hydrogens is 482 g/mol. The minimum Gasteiger partial charge on any atom is -0.494 e. The van der Waals surface area contributed by atoms with Gasteiger partial charge in [0.15, 0.2) is 11.7 Å². The standard InChI is InChI=1S/C22H26BrN3O4S/c1-2-3-4-5-14-29-18-10-6-16(7-11-18)21(28)24-22(31)26-25-20(27)15-30-19-12-8-17(23)9-13-19/h6-13H,2-5,14-15H2,1H3,(H,25,27)(H2,24,26,28,31). The van der Waals surface area contributed by atoms with Gasteiger partial charge in [-0.25, -0.2) is 0 Å². The molecule has 0 saturated heterocycles. The zero-order chi connectivity index (χ0) is 22.5. The molecule has 2 aromatic rings. The maximum atomic E-state index is 12.3. The summed E-state index contributed by atoms with van der Waals surface area (Å²) in [5, 5.41) is 2.47. The SMILES string of the molecule is CCCCCCOc1ccc(C(=O)NC(=S)NNC(=O)COc2ccc(Br)cc2)cc1. The number of nitrogens with one attached hydrogen (secondary N) is 3. The maximum Gasteiger partial charge on any atom is 0.276 e. The fourth-order valence-electron chi connectivity index (χ4n) is 2.47. The Morgan fingerprint density at radius 3 is 2.23 bits per heavy atom. The molecule has 0 aliphatic heterocycles. The molecule has 0 saturated carbocycles. The Kier molecular flexibility index (Phi) is 10.8. The van der Waals surface area contributed by atoms with E-state index in [0.29, 0.717) is 23.7 Å². The van der Waals surface area contributed by atoms with Crippen molar-refractivity contribution in [2.75, 3.05) is 13.2 Å². The first-order chi connectivity index (χ1) is 15.0. The molecule has 7 nitrogen and oxygen atoms in total. The summed E-state index contributed by atoms with van der Waals surface area (Å²) in [5.41, 5.74) is 5.26. The van der Waals surface area contributed by atoms with E-state index in [1.807, 2.05) is 12.1 Å². The molecule has 0 aliphatic rings. The van der Waals surface area contributed by atoms with Crippen LogP contribution in [0.25, 0.3) is 0 Å². The van der Waals surface area contributed by atoms with Gasteiger partial charge in [0.05, 0.1) is 6.61 Å². The van der Waals surface area contributed by atoms with Crippen LogP contribution in [0.2, 0.25) is 0 Å². The van der Waals surface area contributed by atoms with E-state index in [9.17, 15) is 9.59 Å². The fraction of sp³-hybridized carbons (Fsp3) is 0.318. The number of unbranched alkanes of at least 4 members (excludes halogenated alkanes) is 3. The fourth-order valence-corrected chi connectivity index (χ4v) is 2.88. The first-order valence-electron chi connectivity index (χ1n) is 9.99. The minimum atomic E-state index is -0.444. The van der Waals surface area contributed by atoms with Crippen LogP contribution in [0.1, 0.15) is 43.0 Å². The summed E-state index contributed by atoms with van der Waals surface area (Å²) in [6, 6.07) is 13.9. The van der Waals surface area contributed by atoms with Crippen molar-refractivity contribution < 1.29 is 19.1 Å². The predicted molar refractivity (Wildman–Crippen MR) is 127 cm³/mol. The van der Waals surface area contributed by atoms with E-state index in [1.54, 1.807) is 36.4 Å². The molecule has 0 aliphatic carbocycles. The van der Waals surface area contributed by atoms with E-state index < -0.39 is 11.8 Å². The summed E-state index contributed by atoms with van der Waals surface area (Å²) < 4.78 is 11.9. The first kappa shape index (κ1) is 24.6. The van der Waals surface area contributed by atoms with Crippen LogP contribution in [0.3, 0.4) is 0 Å². The lowest BCUT2D eigenvalue weighted by Gasteiger charge is -2.12. The lowest BCUT2D eigenvalue weighted by Crippen LogP contribution is -2.49. The molecule has 2 rings (SSSR count). The van der Waals surface area contributed by atoms with Crippen molar-refractivity contribution in [1.82, 2.24) is 16.2 Å². The topological polar surface area (TPSA) is 88.7 Å². The van der Waals surface area contributed by atoms with Gasteiger partial charge in [-0.05, 0) is 67.2 Å². The Bertz CT molecular complexity index is 860. The maximum absolute atomic E-state index is 12.3. The summed E-state index contributed by atoms with van der Waals surface area (Å²) >= 11 is 8.35. The zero-order valence-corrected chi connectivity index (χ0v) is 19.7. The zero-order valence-electron chi connectivity index (χ0n) is 17.3. The molecule has 0 unspecified atom stereocenters. The van der Waals surface area contributed by atoms with Gasteiger partial charge in [-0.2, -0.15) is 0 Å². The second kappa shape index (κ2) is 13.6. The number of amides is 2. The number of rotatable bonds is 10. The third kappa shape index (κ3) is 9.80. The number of benzene rings is 2. The van der Waals surface area contributed by atoms with Crippen molar-refractivity contribution in [2.24, 2.45) is 0 Å². The highest BCUT2D eigenvalue weighted by Crippen LogP contribution is 2.16. The molecular formula is C22H26BrN3O4S. The molecule has 0 atom stereocenters.